The van der Waals surface area contributed by atoms with E-state index >= 15 is 0 Å². The van der Waals surface area contributed by atoms with E-state index < -0.39 is 10.8 Å². The highest BCUT2D eigenvalue weighted by atomic mass is 79.9. The Labute approximate surface area is 122 Å². The summed E-state index contributed by atoms with van der Waals surface area (Å²) < 4.78 is 0.528. The molecular weight excluding hydrogens is 328 g/mol. The Morgan fingerprint density at radius 3 is 2.75 bits per heavy atom. The number of non-ortho nitro benzene ring substituents is 1. The number of hydrogen-bond acceptors (Lipinski definition) is 5. The lowest BCUT2D eigenvalue weighted by Crippen LogP contribution is -2.14. The molecule has 0 saturated heterocycles. The number of hydrogen-bond donors (Lipinski definition) is 2. The monoisotopic (exact) mass is 336 g/mol. The topological polar surface area (TPSA) is 111 Å². The number of nitro benzene ring substituents is 1. The van der Waals surface area contributed by atoms with Crippen molar-refractivity contribution in [3.05, 3.63) is 56.8 Å². The van der Waals surface area contributed by atoms with Crippen LogP contribution < -0.4 is 11.1 Å². The van der Waals surface area contributed by atoms with Crippen molar-refractivity contribution in [2.75, 3.05) is 11.1 Å². The highest BCUT2D eigenvalue weighted by molar-refractivity contribution is 9.10. The van der Waals surface area contributed by atoms with Gasteiger partial charge in [0.15, 0.2) is 0 Å². The first kappa shape index (κ1) is 13.9. The molecule has 0 saturated carbocycles. The van der Waals surface area contributed by atoms with E-state index in [2.05, 4.69) is 26.2 Å². The van der Waals surface area contributed by atoms with E-state index in [9.17, 15) is 14.9 Å². The van der Waals surface area contributed by atoms with Gasteiger partial charge in [0.1, 0.15) is 5.69 Å². The molecule has 20 heavy (non-hydrogen) atoms. The predicted molar refractivity (Wildman–Crippen MR) is 77.4 cm³/mol. The van der Waals surface area contributed by atoms with Crippen molar-refractivity contribution in [1.82, 2.24) is 4.98 Å². The molecule has 0 aliphatic heterocycles. The van der Waals surface area contributed by atoms with Crippen molar-refractivity contribution in [3.8, 4) is 0 Å². The second-order valence-electron chi connectivity index (χ2n) is 3.85. The minimum Gasteiger partial charge on any atom is -0.399 e. The third-order valence-corrected chi connectivity index (χ3v) is 3.12. The molecule has 2 aromatic rings. The Balaban J connectivity index is 2.27. The smallest absolute Gasteiger partial charge is 0.274 e. The first-order valence-electron chi connectivity index (χ1n) is 5.44. The molecule has 0 bridgehead atoms. The van der Waals surface area contributed by atoms with E-state index in [1.54, 1.807) is 6.07 Å². The summed E-state index contributed by atoms with van der Waals surface area (Å²) in [5.41, 5.74) is 6.26. The molecule has 1 heterocycles. The van der Waals surface area contributed by atoms with Gasteiger partial charge in [-0.25, -0.2) is 0 Å². The number of pyridine rings is 1. The molecule has 102 valence electrons. The average molecular weight is 337 g/mol. The van der Waals surface area contributed by atoms with Gasteiger partial charge in [-0.15, -0.1) is 0 Å². The van der Waals surface area contributed by atoms with Crippen LogP contribution in [0.15, 0.2) is 41.0 Å². The fraction of sp³-hybridized carbons (Fsp3) is 0. The number of nitrogens with one attached hydrogen (secondary N) is 1. The second-order valence-corrected chi connectivity index (χ2v) is 4.70. The molecule has 0 unspecified atom stereocenters. The van der Waals surface area contributed by atoms with Crippen LogP contribution in [0.2, 0.25) is 0 Å². The van der Waals surface area contributed by atoms with Gasteiger partial charge < -0.3 is 11.1 Å². The fourth-order valence-electron chi connectivity index (χ4n) is 1.48. The van der Waals surface area contributed by atoms with E-state index in [0.29, 0.717) is 10.2 Å². The van der Waals surface area contributed by atoms with E-state index in [1.807, 2.05) is 0 Å². The molecule has 2 rings (SSSR count). The predicted octanol–water partition coefficient (Wildman–Crippen LogP) is 2.59. The third kappa shape index (κ3) is 3.09. The molecule has 0 spiro atoms. The maximum Gasteiger partial charge on any atom is 0.274 e. The summed E-state index contributed by atoms with van der Waals surface area (Å²) in [5, 5.41) is 13.3. The number of nitro groups is 1. The summed E-state index contributed by atoms with van der Waals surface area (Å²) in [6.45, 7) is 0. The van der Waals surface area contributed by atoms with Crippen LogP contribution in [0.1, 0.15) is 10.5 Å². The number of nitrogens with zero attached hydrogens (tertiary/aromatic N) is 2. The summed E-state index contributed by atoms with van der Waals surface area (Å²) >= 11 is 3.21. The van der Waals surface area contributed by atoms with Crippen molar-refractivity contribution in [1.29, 1.82) is 0 Å². The quantitative estimate of drug-likeness (QED) is 0.660. The minimum absolute atomic E-state index is 0.121. The Morgan fingerprint density at radius 2 is 2.10 bits per heavy atom. The van der Waals surface area contributed by atoms with Gasteiger partial charge in [0, 0.05) is 28.5 Å². The SMILES string of the molecule is Nc1ccnc(C(=O)Nc2cc([N+](=O)[O-])ccc2Br)c1. The van der Waals surface area contributed by atoms with Gasteiger partial charge in [0.2, 0.25) is 0 Å². The van der Waals surface area contributed by atoms with E-state index in [4.69, 9.17) is 5.73 Å². The Kier molecular flexibility index (Phi) is 3.94. The number of carbonyl (C=O) groups excluding carboxylic acids is 1. The van der Waals surface area contributed by atoms with Crippen LogP contribution >= 0.6 is 15.9 Å². The van der Waals surface area contributed by atoms with Gasteiger partial charge in [-0.05, 0) is 34.1 Å². The summed E-state index contributed by atoms with van der Waals surface area (Å²) in [7, 11) is 0. The van der Waals surface area contributed by atoms with Crippen molar-refractivity contribution in [3.63, 3.8) is 0 Å². The van der Waals surface area contributed by atoms with Crippen LogP contribution in [0, 0.1) is 10.1 Å². The molecule has 1 aromatic carbocycles. The molecule has 0 atom stereocenters. The zero-order chi connectivity index (χ0) is 14.7. The maximum absolute atomic E-state index is 12.0. The molecular formula is C12H9BrN4O3. The zero-order valence-corrected chi connectivity index (χ0v) is 11.6. The molecule has 3 N–H and O–H groups in total. The van der Waals surface area contributed by atoms with Gasteiger partial charge in [-0.2, -0.15) is 0 Å². The Bertz CT molecular complexity index is 690. The number of amides is 1. The highest BCUT2D eigenvalue weighted by Crippen LogP contribution is 2.27. The minimum atomic E-state index is -0.541. The van der Waals surface area contributed by atoms with E-state index in [-0.39, 0.29) is 17.1 Å². The Morgan fingerprint density at radius 1 is 1.35 bits per heavy atom. The largest absolute Gasteiger partial charge is 0.399 e. The van der Waals surface area contributed by atoms with Crippen molar-refractivity contribution < 1.29 is 9.72 Å². The standard InChI is InChI=1S/C12H9BrN4O3/c13-9-2-1-8(17(19)20)6-10(9)16-12(18)11-5-7(14)3-4-15-11/h1-6H,(H2,14,15)(H,16,18). The molecule has 1 amide bonds. The van der Waals surface area contributed by atoms with Crippen molar-refractivity contribution in [2.45, 2.75) is 0 Å². The van der Waals surface area contributed by atoms with Crippen LogP contribution in [0.3, 0.4) is 0 Å². The summed E-state index contributed by atoms with van der Waals surface area (Å²) in [4.78, 5) is 26.0. The lowest BCUT2D eigenvalue weighted by molar-refractivity contribution is -0.384. The summed E-state index contributed by atoms with van der Waals surface area (Å²) in [5.74, 6) is -0.501. The van der Waals surface area contributed by atoms with E-state index in [0.717, 1.165) is 0 Å². The third-order valence-electron chi connectivity index (χ3n) is 2.43. The molecule has 7 nitrogen and oxygen atoms in total. The van der Waals surface area contributed by atoms with Gasteiger partial charge in [0.05, 0.1) is 10.6 Å². The number of rotatable bonds is 3. The van der Waals surface area contributed by atoms with Crippen LogP contribution in [-0.2, 0) is 0 Å². The van der Waals surface area contributed by atoms with Crippen LogP contribution in [-0.4, -0.2) is 15.8 Å². The molecule has 0 radical (unpaired) electrons. The fourth-order valence-corrected chi connectivity index (χ4v) is 1.83. The number of anilines is 2. The zero-order valence-electron chi connectivity index (χ0n) is 10.0. The van der Waals surface area contributed by atoms with Gasteiger partial charge in [0.25, 0.3) is 11.6 Å². The number of carbonyl (C=O) groups is 1. The number of aromatic nitrogens is 1. The first-order chi connectivity index (χ1) is 9.47. The molecule has 0 aliphatic carbocycles. The Hall–Kier alpha value is -2.48. The normalized spacial score (nSPS) is 10.1. The van der Waals surface area contributed by atoms with Crippen LogP contribution in [0.5, 0.6) is 0 Å². The highest BCUT2D eigenvalue weighted by Gasteiger charge is 2.13. The lowest BCUT2D eigenvalue weighted by Gasteiger charge is -2.07. The summed E-state index contributed by atoms with van der Waals surface area (Å²) in [6.07, 6.45) is 1.41. The maximum atomic E-state index is 12.0. The molecule has 0 aliphatic rings. The molecule has 8 heteroatoms. The number of halogens is 1. The first-order valence-corrected chi connectivity index (χ1v) is 6.23. The molecule has 0 fully saturated rings. The second kappa shape index (κ2) is 5.66. The number of nitrogens with two attached hydrogens (primary N) is 1. The summed E-state index contributed by atoms with van der Waals surface area (Å²) in [6, 6.07) is 7.05. The van der Waals surface area contributed by atoms with Gasteiger partial charge in [-0.3, -0.25) is 19.9 Å². The number of nitrogen functional groups attached to an aromatic ring is 1. The molecule has 1 aromatic heterocycles. The number of benzene rings is 1. The van der Waals surface area contributed by atoms with Gasteiger partial charge >= 0.3 is 0 Å². The van der Waals surface area contributed by atoms with Crippen molar-refractivity contribution >= 4 is 38.9 Å². The van der Waals surface area contributed by atoms with E-state index in [1.165, 1.54) is 30.5 Å². The van der Waals surface area contributed by atoms with Crippen molar-refractivity contribution in [2.24, 2.45) is 0 Å². The lowest BCUT2D eigenvalue weighted by atomic mass is 10.2. The van der Waals surface area contributed by atoms with Crippen LogP contribution in [0.25, 0.3) is 0 Å². The average Bonchev–Trinajstić information content (AvgIpc) is 2.41. The van der Waals surface area contributed by atoms with Gasteiger partial charge in [-0.1, -0.05) is 0 Å². The van der Waals surface area contributed by atoms with Crippen LogP contribution in [0.4, 0.5) is 17.1 Å².